The van der Waals surface area contributed by atoms with Crippen LogP contribution in [0, 0.1) is 42.2 Å². The van der Waals surface area contributed by atoms with Gasteiger partial charge in [0.25, 0.3) is 5.69 Å². The van der Waals surface area contributed by atoms with Gasteiger partial charge in [-0.05, 0) is 62.2 Å². The van der Waals surface area contributed by atoms with Crippen LogP contribution in [0.1, 0.15) is 28.3 Å². The van der Waals surface area contributed by atoms with Crippen molar-refractivity contribution in [3.8, 4) is 17.5 Å². The van der Waals surface area contributed by atoms with Crippen LogP contribution in [0.5, 0.6) is 5.75 Å². The average Bonchev–Trinajstić information content (AvgIpc) is 3.31. The Bertz CT molecular complexity index is 1440. The predicted molar refractivity (Wildman–Crippen MR) is 123 cm³/mol. The van der Waals surface area contributed by atoms with Gasteiger partial charge in [-0.15, -0.1) is 0 Å². The van der Waals surface area contributed by atoms with Gasteiger partial charge in [0.2, 0.25) is 0 Å². The Hall–Kier alpha value is -4.38. The Labute approximate surface area is 184 Å². The van der Waals surface area contributed by atoms with Crippen LogP contribution in [0.3, 0.4) is 0 Å². The van der Waals surface area contributed by atoms with E-state index >= 15 is 0 Å². The van der Waals surface area contributed by atoms with Crippen molar-refractivity contribution >= 4 is 28.4 Å². The molecule has 0 aliphatic rings. The molecule has 0 bridgehead atoms. The number of nitrogens with zero attached hydrogens (tertiary/aromatic N) is 4. The molecule has 1 N–H and O–H groups in total. The van der Waals surface area contributed by atoms with Crippen molar-refractivity contribution in [2.75, 3.05) is 7.11 Å². The third kappa shape index (κ3) is 3.61. The van der Waals surface area contributed by atoms with Crippen LogP contribution >= 0.6 is 0 Å². The molecule has 0 unspecified atom stereocenters. The summed E-state index contributed by atoms with van der Waals surface area (Å²) < 4.78 is 7.37. The minimum absolute atomic E-state index is 0.0416. The molecule has 0 spiro atoms. The highest BCUT2D eigenvalue weighted by atomic mass is 16.6. The summed E-state index contributed by atoms with van der Waals surface area (Å²) in [5, 5.41) is 20.9. The second-order valence-electron chi connectivity index (χ2n) is 7.55. The summed E-state index contributed by atoms with van der Waals surface area (Å²) in [5.74, 6) is 0.899. The molecule has 4 aromatic rings. The number of methoxy groups -OCH3 is 1. The second kappa shape index (κ2) is 8.04. The second-order valence-corrected chi connectivity index (χ2v) is 7.55. The van der Waals surface area contributed by atoms with E-state index in [0.29, 0.717) is 22.8 Å². The van der Waals surface area contributed by atoms with Crippen LogP contribution in [0.15, 0.2) is 42.5 Å². The predicted octanol–water partition coefficient (Wildman–Crippen LogP) is 5.26. The minimum atomic E-state index is -0.454. The molecule has 8 nitrogen and oxygen atoms in total. The van der Waals surface area contributed by atoms with Gasteiger partial charge < -0.3 is 14.3 Å². The van der Waals surface area contributed by atoms with Gasteiger partial charge in [0.15, 0.2) is 0 Å². The van der Waals surface area contributed by atoms with E-state index in [1.807, 2.05) is 49.6 Å². The number of nitriles is 1. The maximum absolute atomic E-state index is 11.1. The molecule has 8 heteroatoms. The van der Waals surface area contributed by atoms with Gasteiger partial charge in [-0.3, -0.25) is 10.1 Å². The van der Waals surface area contributed by atoms with Crippen LogP contribution in [-0.2, 0) is 0 Å². The van der Waals surface area contributed by atoms with Gasteiger partial charge >= 0.3 is 0 Å². The molecular formula is C24H21N5O3. The number of hydrogen-bond acceptors (Lipinski definition) is 5. The first kappa shape index (κ1) is 20.9. The molecule has 0 saturated carbocycles. The molecule has 2 aromatic heterocycles. The summed E-state index contributed by atoms with van der Waals surface area (Å²) in [6, 6.07) is 14.6. The Morgan fingerprint density at radius 1 is 1.22 bits per heavy atom. The number of nitro benzene ring substituents is 1. The zero-order valence-corrected chi connectivity index (χ0v) is 18.1. The van der Waals surface area contributed by atoms with Crippen molar-refractivity contribution in [1.82, 2.24) is 14.5 Å². The fourth-order valence-corrected chi connectivity index (χ4v) is 3.83. The number of fused-ring (bicyclic) bond motifs is 1. The number of allylic oxidation sites excluding steroid dienone is 1. The monoisotopic (exact) mass is 427 g/mol. The van der Waals surface area contributed by atoms with E-state index in [1.165, 1.54) is 19.2 Å². The summed E-state index contributed by atoms with van der Waals surface area (Å²) in [6.45, 7) is 5.86. The topological polar surface area (TPSA) is 110 Å². The van der Waals surface area contributed by atoms with Crippen LogP contribution in [0.4, 0.5) is 5.69 Å². The van der Waals surface area contributed by atoms with E-state index in [0.717, 1.165) is 33.5 Å². The summed E-state index contributed by atoms with van der Waals surface area (Å²) in [7, 11) is 1.48. The van der Waals surface area contributed by atoms with E-state index in [4.69, 9.17) is 4.74 Å². The highest BCUT2D eigenvalue weighted by Crippen LogP contribution is 2.32. The van der Waals surface area contributed by atoms with Crippen LogP contribution in [0.2, 0.25) is 0 Å². The number of ether oxygens (including phenoxy) is 1. The van der Waals surface area contributed by atoms with Gasteiger partial charge in [-0.2, -0.15) is 5.26 Å². The van der Waals surface area contributed by atoms with Crippen molar-refractivity contribution in [3.63, 3.8) is 0 Å². The van der Waals surface area contributed by atoms with Crippen molar-refractivity contribution in [2.24, 2.45) is 0 Å². The number of aryl methyl sites for hydroxylation is 2. The maximum atomic E-state index is 11.1. The van der Waals surface area contributed by atoms with E-state index in [2.05, 4.69) is 16.0 Å². The molecule has 0 fully saturated rings. The number of non-ortho nitro benzene ring substituents is 1. The third-order valence-electron chi connectivity index (χ3n) is 5.40. The lowest BCUT2D eigenvalue weighted by molar-refractivity contribution is -0.384. The number of benzene rings is 2. The maximum Gasteiger partial charge on any atom is 0.273 e. The van der Waals surface area contributed by atoms with E-state index in [9.17, 15) is 15.4 Å². The average molecular weight is 427 g/mol. The summed E-state index contributed by atoms with van der Waals surface area (Å²) in [4.78, 5) is 18.4. The van der Waals surface area contributed by atoms with Gasteiger partial charge in [0.1, 0.15) is 17.6 Å². The molecule has 0 aliphatic carbocycles. The smallest absolute Gasteiger partial charge is 0.273 e. The number of nitro groups is 1. The van der Waals surface area contributed by atoms with Crippen LogP contribution < -0.4 is 4.74 Å². The fourth-order valence-electron chi connectivity index (χ4n) is 3.83. The molecule has 0 atom stereocenters. The summed E-state index contributed by atoms with van der Waals surface area (Å²) >= 11 is 0. The van der Waals surface area contributed by atoms with Gasteiger partial charge in [0.05, 0.1) is 40.4 Å². The first-order valence-electron chi connectivity index (χ1n) is 9.92. The lowest BCUT2D eigenvalue weighted by atomic mass is 10.1. The molecule has 2 heterocycles. The van der Waals surface area contributed by atoms with E-state index in [-0.39, 0.29) is 5.69 Å². The van der Waals surface area contributed by atoms with E-state index in [1.54, 1.807) is 12.1 Å². The quantitative estimate of drug-likeness (QED) is 0.265. The molecular weight excluding hydrogens is 406 g/mol. The number of nitrogens with one attached hydrogen (secondary N) is 1. The summed E-state index contributed by atoms with van der Waals surface area (Å²) in [6.07, 6.45) is 1.79. The highest BCUT2D eigenvalue weighted by Gasteiger charge is 2.18. The largest absolute Gasteiger partial charge is 0.494 e. The number of H-pyrrole nitrogens is 1. The Morgan fingerprint density at radius 3 is 2.69 bits per heavy atom. The first-order chi connectivity index (χ1) is 15.3. The Kier molecular flexibility index (Phi) is 5.24. The Balaban J connectivity index is 1.81. The van der Waals surface area contributed by atoms with Gasteiger partial charge in [0, 0.05) is 17.5 Å². The molecule has 0 amide bonds. The number of hydrogen-bond donors (Lipinski definition) is 1. The van der Waals surface area contributed by atoms with Crippen molar-refractivity contribution < 1.29 is 9.66 Å². The molecule has 0 radical (unpaired) electrons. The van der Waals surface area contributed by atoms with Crippen molar-refractivity contribution in [3.05, 3.63) is 80.9 Å². The molecule has 160 valence electrons. The molecule has 0 saturated heterocycles. The summed E-state index contributed by atoms with van der Waals surface area (Å²) in [5.41, 5.74) is 6.45. The molecule has 4 rings (SSSR count). The number of imidazole rings is 1. The van der Waals surface area contributed by atoms with Gasteiger partial charge in [-0.1, -0.05) is 6.07 Å². The fraction of sp³-hybridized carbons (Fsp3) is 0.167. The number of rotatable bonds is 5. The highest BCUT2D eigenvalue weighted by molar-refractivity contribution is 5.91. The van der Waals surface area contributed by atoms with Gasteiger partial charge in [-0.25, -0.2) is 4.98 Å². The lowest BCUT2D eigenvalue weighted by Crippen LogP contribution is -2.03. The van der Waals surface area contributed by atoms with E-state index < -0.39 is 4.92 Å². The normalized spacial score (nSPS) is 11.5. The number of aromatic amines is 1. The zero-order chi connectivity index (χ0) is 23.0. The lowest BCUT2D eigenvalue weighted by Gasteiger charge is -2.13. The van der Waals surface area contributed by atoms with Crippen molar-refractivity contribution in [1.29, 1.82) is 5.26 Å². The zero-order valence-electron chi connectivity index (χ0n) is 18.1. The van der Waals surface area contributed by atoms with Crippen LogP contribution in [0.25, 0.3) is 28.4 Å². The molecule has 0 aliphatic heterocycles. The Morgan fingerprint density at radius 2 is 2.00 bits per heavy atom. The molecule has 32 heavy (non-hydrogen) atoms. The molecule has 2 aromatic carbocycles. The first-order valence-corrected chi connectivity index (χ1v) is 9.92. The standard InChI is InChI=1S/C24H21N5O3/c1-14-5-7-20-21(9-14)27-24(26-20)18(13-25)11-17-10-15(2)28(16(17)3)22-8-6-19(29(30)31)12-23(22)32-4/h5-12H,1-4H3,(H,26,27)/b18-11+. The van der Waals surface area contributed by atoms with Crippen molar-refractivity contribution in [2.45, 2.75) is 20.8 Å². The SMILES string of the molecule is COc1cc([N+](=O)[O-])ccc1-n1c(C)cc(/C=C(\C#N)c2nc3ccc(C)cc3[nH]2)c1C. The number of aromatic nitrogens is 3. The minimum Gasteiger partial charge on any atom is -0.494 e. The van der Waals surface area contributed by atoms with Crippen LogP contribution in [-0.4, -0.2) is 26.6 Å². The third-order valence-corrected chi connectivity index (χ3v) is 5.40.